The van der Waals surface area contributed by atoms with Crippen molar-refractivity contribution in [3.8, 4) is 0 Å². The fourth-order valence-corrected chi connectivity index (χ4v) is 0. The summed E-state index contributed by atoms with van der Waals surface area (Å²) in [6.45, 7) is 0. The Morgan fingerprint density at radius 2 is 1.00 bits per heavy atom. The quantitative estimate of drug-likeness (QED) is 0.434. The first kappa shape index (κ1) is 31.1. The van der Waals surface area contributed by atoms with Crippen LogP contribution < -0.4 is 0 Å². The normalized spacial score (nSPS) is 0. The first-order chi connectivity index (χ1) is 0. The zero-order valence-corrected chi connectivity index (χ0v) is 7.00. The smallest absolute Gasteiger partial charge is 1.00 e. The van der Waals surface area contributed by atoms with Gasteiger partial charge in [-0.1, -0.05) is 0 Å². The molecule has 0 spiro atoms. The van der Waals surface area contributed by atoms with Gasteiger partial charge in [-0.15, -0.1) is 0 Å². The minimum atomic E-state index is 0. The van der Waals surface area contributed by atoms with E-state index in [1.165, 1.54) is 0 Å². The van der Waals surface area contributed by atoms with Crippen LogP contribution in [-0.4, -0.2) is 46.1 Å². The maximum atomic E-state index is 0. The van der Waals surface area contributed by atoms with Crippen LogP contribution in [0.4, 0.5) is 0 Å². The molecule has 26 valence electrons. The van der Waals surface area contributed by atoms with Crippen LogP contribution in [0.1, 0.15) is 5.71 Å². The van der Waals surface area contributed by atoms with Gasteiger partial charge in [0.2, 0.25) is 0 Å². The molecule has 0 saturated heterocycles. The summed E-state index contributed by atoms with van der Waals surface area (Å²) in [6, 6.07) is 0. The molecule has 0 bridgehead atoms. The Balaban J connectivity index is 0. The average molecular weight is 167 g/mol. The van der Waals surface area contributed by atoms with Crippen molar-refractivity contribution in [1.82, 2.24) is 0 Å². The molecule has 0 aromatic heterocycles. The van der Waals surface area contributed by atoms with E-state index in [1.54, 1.807) is 0 Å². The van der Waals surface area contributed by atoms with E-state index in [4.69, 9.17) is 0 Å². The van der Waals surface area contributed by atoms with Crippen molar-refractivity contribution in [2.75, 3.05) is 0 Å². The molecule has 4 heavy (non-hydrogen) atoms. The third-order valence-electron chi connectivity index (χ3n) is 0. The van der Waals surface area contributed by atoms with E-state index in [0.717, 1.165) is 0 Å². The molecule has 0 rings (SSSR count). The monoisotopic (exact) mass is 166 g/mol. The maximum absolute atomic E-state index is 0. The van der Waals surface area contributed by atoms with Crippen molar-refractivity contribution < 1.29 is 39.3 Å². The summed E-state index contributed by atoms with van der Waals surface area (Å²) in [7, 11) is 0. The summed E-state index contributed by atoms with van der Waals surface area (Å²) >= 11 is 0. The third kappa shape index (κ3) is 8.82. The fraction of sp³-hybridized carbons (Fsp3) is 0. The van der Waals surface area contributed by atoms with Crippen molar-refractivity contribution in [1.29, 1.82) is 0 Å². The van der Waals surface area contributed by atoms with E-state index in [1.807, 2.05) is 0 Å². The second kappa shape index (κ2) is 17.7. The van der Waals surface area contributed by atoms with Gasteiger partial charge in [0.1, 0.15) is 0 Å². The molecule has 0 unspecified atom stereocenters. The molecule has 0 aliphatic carbocycles. The molecule has 0 heterocycles. The molecule has 0 N–H and O–H groups in total. The largest absolute Gasteiger partial charge is 2.00 e. The van der Waals surface area contributed by atoms with E-state index in [0.29, 0.717) is 0 Å². The fourth-order valence-electron chi connectivity index (χ4n) is 0. The van der Waals surface area contributed by atoms with Gasteiger partial charge in [0.15, 0.2) is 0 Å². The summed E-state index contributed by atoms with van der Waals surface area (Å²) in [6.07, 6.45) is 0. The predicted octanol–water partition coefficient (Wildman–Crippen LogP) is -0.317. The Hall–Kier alpha value is 2.55. The zero-order valence-electron chi connectivity index (χ0n) is 6.08. The average Bonchev–Trinajstić information content (AvgIpc) is 0. The van der Waals surface area contributed by atoms with Gasteiger partial charge >= 0.3 is 46.1 Å². The van der Waals surface area contributed by atoms with E-state index in [2.05, 4.69) is 0 Å². The molecular weight excluding hydrogens is 163 g/mol. The predicted molar refractivity (Wildman–Crippen MR) is 16.0 cm³/mol. The van der Waals surface area contributed by atoms with Crippen molar-refractivity contribution in [2.45, 2.75) is 0 Å². The molecule has 0 aromatic rings. The van der Waals surface area contributed by atoms with Gasteiger partial charge in [0, 0.05) is 33.6 Å². The summed E-state index contributed by atoms with van der Waals surface area (Å²) < 4.78 is 0. The molecule has 0 fully saturated rings. The van der Waals surface area contributed by atoms with E-state index < -0.39 is 0 Å². The number of hydrogen-bond donors (Lipinski definition) is 0. The Kier molecular flexibility index (Phi) is 137. The topological polar surface area (TPSA) is 0 Å². The first-order valence-electron chi connectivity index (χ1n) is 0. The summed E-state index contributed by atoms with van der Waals surface area (Å²) in [5.41, 5.74) is 0. The number of hydrogen-bond acceptors (Lipinski definition) is 0. The molecule has 0 aromatic carbocycles. The van der Waals surface area contributed by atoms with Gasteiger partial charge in [-0.3, -0.25) is 0 Å². The summed E-state index contributed by atoms with van der Waals surface area (Å²) in [5.74, 6) is 0. The van der Waals surface area contributed by atoms with Crippen molar-refractivity contribution in [3.05, 3.63) is 0 Å². The van der Waals surface area contributed by atoms with Gasteiger partial charge in [-0.05, 0) is 0 Å². The zero-order chi connectivity index (χ0) is 0. The maximum Gasteiger partial charge on any atom is 2.00 e. The number of rotatable bonds is 0. The van der Waals surface area contributed by atoms with Crippen molar-refractivity contribution in [3.63, 3.8) is 0 Å². The standard InChI is InChI=1S/Fe.2Mg.Ni.4H/q;2*+2;;4*-1. The molecule has 0 amide bonds. The molecule has 0 radical (unpaired) electrons. The van der Waals surface area contributed by atoms with E-state index >= 15 is 0 Å². The van der Waals surface area contributed by atoms with Gasteiger partial charge in [-0.25, -0.2) is 0 Å². The Morgan fingerprint density at radius 3 is 1.00 bits per heavy atom. The Bertz CT molecular complexity index is 14.0. The Morgan fingerprint density at radius 1 is 1.00 bits per heavy atom. The molecule has 0 saturated carbocycles. The van der Waals surface area contributed by atoms with Gasteiger partial charge < -0.3 is 5.71 Å². The summed E-state index contributed by atoms with van der Waals surface area (Å²) in [4.78, 5) is 0. The molecule has 0 aliphatic heterocycles. The van der Waals surface area contributed by atoms with Crippen LogP contribution in [0.25, 0.3) is 0 Å². The summed E-state index contributed by atoms with van der Waals surface area (Å²) in [5, 5.41) is 0. The molecule has 0 aliphatic rings. The van der Waals surface area contributed by atoms with Gasteiger partial charge in [0.25, 0.3) is 0 Å². The second-order valence-corrected chi connectivity index (χ2v) is 0. The van der Waals surface area contributed by atoms with E-state index in [9.17, 15) is 0 Å². The van der Waals surface area contributed by atoms with Crippen LogP contribution in [0, 0.1) is 0 Å². The molecule has 4 heteroatoms. The van der Waals surface area contributed by atoms with Crippen LogP contribution in [0.15, 0.2) is 0 Å². The molecular formula is H4FeMg2Ni. The molecule has 0 atom stereocenters. The minimum Gasteiger partial charge on any atom is -1.00 e. The van der Waals surface area contributed by atoms with Crippen molar-refractivity contribution in [2.24, 2.45) is 0 Å². The Labute approximate surface area is 84.5 Å². The van der Waals surface area contributed by atoms with Crippen LogP contribution >= 0.6 is 0 Å². The van der Waals surface area contributed by atoms with Gasteiger partial charge in [0.05, 0.1) is 0 Å². The minimum absolute atomic E-state index is 0. The van der Waals surface area contributed by atoms with Crippen LogP contribution in [0.2, 0.25) is 0 Å². The third-order valence-corrected chi connectivity index (χ3v) is 0. The van der Waals surface area contributed by atoms with Crippen LogP contribution in [0.3, 0.4) is 0 Å². The van der Waals surface area contributed by atoms with Crippen molar-refractivity contribution >= 4 is 46.1 Å². The van der Waals surface area contributed by atoms with Crippen LogP contribution in [-0.2, 0) is 33.6 Å². The molecule has 0 nitrogen and oxygen atoms in total. The van der Waals surface area contributed by atoms with Gasteiger partial charge in [-0.2, -0.15) is 0 Å². The van der Waals surface area contributed by atoms with E-state index in [-0.39, 0.29) is 85.4 Å². The first-order valence-corrected chi connectivity index (χ1v) is 0. The van der Waals surface area contributed by atoms with Crippen LogP contribution in [0.5, 0.6) is 0 Å². The second-order valence-electron chi connectivity index (χ2n) is 0. The SMILES string of the molecule is [Fe].[H-].[H-].[H-].[H-].[Mg+2].[Mg+2].[Ni].